The molecule has 3 nitrogen and oxygen atoms in total. The fourth-order valence-corrected chi connectivity index (χ4v) is 2.46. The lowest BCUT2D eigenvalue weighted by Crippen LogP contribution is -2.23. The predicted molar refractivity (Wildman–Crippen MR) is 58.7 cm³/mol. The van der Waals surface area contributed by atoms with Crippen LogP contribution in [0.4, 0.5) is 0 Å². The van der Waals surface area contributed by atoms with E-state index in [0.29, 0.717) is 24.0 Å². The van der Waals surface area contributed by atoms with Crippen LogP contribution in [0.5, 0.6) is 0 Å². The van der Waals surface area contributed by atoms with E-state index < -0.39 is 0 Å². The Morgan fingerprint density at radius 2 is 2.40 bits per heavy atom. The number of hydrogen-bond acceptors (Lipinski definition) is 2. The average Bonchev–Trinajstić information content (AvgIpc) is 2.69. The van der Waals surface area contributed by atoms with E-state index in [2.05, 4.69) is 25.0 Å². The van der Waals surface area contributed by atoms with Gasteiger partial charge in [0, 0.05) is 37.2 Å². The Kier molecular flexibility index (Phi) is 2.89. The summed E-state index contributed by atoms with van der Waals surface area (Å²) in [6.45, 7) is 5.22. The molecule has 3 heteroatoms. The Hall–Kier alpha value is -1.12. The van der Waals surface area contributed by atoms with E-state index in [9.17, 15) is 4.79 Å². The van der Waals surface area contributed by atoms with Crippen LogP contribution in [0.3, 0.4) is 0 Å². The van der Waals surface area contributed by atoms with Gasteiger partial charge in [-0.2, -0.15) is 5.10 Å². The highest BCUT2D eigenvalue weighted by atomic mass is 16.1. The first kappa shape index (κ1) is 10.4. The third kappa shape index (κ3) is 1.96. The van der Waals surface area contributed by atoms with Crippen molar-refractivity contribution >= 4 is 5.78 Å². The first-order valence-electron chi connectivity index (χ1n) is 5.75. The number of aryl methyl sites for hydroxylation is 1. The van der Waals surface area contributed by atoms with Crippen molar-refractivity contribution in [3.05, 3.63) is 18.0 Å². The first-order chi connectivity index (χ1) is 7.22. The Morgan fingerprint density at radius 1 is 1.60 bits per heavy atom. The molecule has 0 aliphatic heterocycles. The van der Waals surface area contributed by atoms with Gasteiger partial charge in [0.05, 0.1) is 0 Å². The summed E-state index contributed by atoms with van der Waals surface area (Å²) in [6.07, 6.45) is 4.33. The molecule has 0 radical (unpaired) electrons. The van der Waals surface area contributed by atoms with E-state index in [0.717, 1.165) is 19.4 Å². The molecule has 1 fully saturated rings. The van der Waals surface area contributed by atoms with Gasteiger partial charge in [-0.05, 0) is 25.3 Å². The van der Waals surface area contributed by atoms with Crippen LogP contribution in [-0.4, -0.2) is 15.6 Å². The summed E-state index contributed by atoms with van der Waals surface area (Å²) in [6, 6.07) is 2.06. The second-order valence-corrected chi connectivity index (χ2v) is 4.44. The van der Waals surface area contributed by atoms with Crippen LogP contribution in [0.2, 0.25) is 0 Å². The van der Waals surface area contributed by atoms with E-state index in [1.807, 2.05) is 10.9 Å². The van der Waals surface area contributed by atoms with Gasteiger partial charge in [-0.15, -0.1) is 0 Å². The molecule has 0 saturated heterocycles. The van der Waals surface area contributed by atoms with Gasteiger partial charge in [-0.25, -0.2) is 0 Å². The standard InChI is InChI=1S/C12H18N2O/c1-3-14-12(6-7-13-14)11-8-10(15)5-4-9(11)2/h6-7,9,11H,3-5,8H2,1-2H3. The molecule has 0 N–H and O–H groups in total. The lowest BCUT2D eigenvalue weighted by molar-refractivity contribution is -0.121. The number of nitrogens with zero attached hydrogens (tertiary/aromatic N) is 2. The maximum atomic E-state index is 11.5. The van der Waals surface area contributed by atoms with Gasteiger partial charge in [-0.1, -0.05) is 6.92 Å². The van der Waals surface area contributed by atoms with Crippen molar-refractivity contribution in [2.24, 2.45) is 5.92 Å². The number of aromatic nitrogens is 2. The van der Waals surface area contributed by atoms with Gasteiger partial charge in [0.15, 0.2) is 0 Å². The van der Waals surface area contributed by atoms with Crippen LogP contribution >= 0.6 is 0 Å². The highest BCUT2D eigenvalue weighted by Crippen LogP contribution is 2.35. The Morgan fingerprint density at radius 3 is 3.13 bits per heavy atom. The summed E-state index contributed by atoms with van der Waals surface area (Å²) in [4.78, 5) is 11.5. The molecule has 2 atom stereocenters. The quantitative estimate of drug-likeness (QED) is 0.744. The molecular weight excluding hydrogens is 188 g/mol. The molecule has 82 valence electrons. The zero-order valence-electron chi connectivity index (χ0n) is 9.44. The third-order valence-corrected chi connectivity index (χ3v) is 3.44. The molecule has 1 aliphatic carbocycles. The van der Waals surface area contributed by atoms with Gasteiger partial charge in [0.2, 0.25) is 0 Å². The van der Waals surface area contributed by atoms with Crippen molar-refractivity contribution in [3.63, 3.8) is 0 Å². The smallest absolute Gasteiger partial charge is 0.133 e. The van der Waals surface area contributed by atoms with Gasteiger partial charge in [0.1, 0.15) is 5.78 Å². The molecule has 1 aromatic rings. The largest absolute Gasteiger partial charge is 0.300 e. The normalized spacial score (nSPS) is 26.9. The van der Waals surface area contributed by atoms with Crippen LogP contribution in [0.25, 0.3) is 0 Å². The minimum atomic E-state index is 0.383. The Balaban J connectivity index is 2.24. The van der Waals surface area contributed by atoms with Gasteiger partial charge < -0.3 is 0 Å². The average molecular weight is 206 g/mol. The summed E-state index contributed by atoms with van der Waals surface area (Å²) in [5.74, 6) is 1.39. The number of hydrogen-bond donors (Lipinski definition) is 0. The summed E-state index contributed by atoms with van der Waals surface area (Å²) in [5.41, 5.74) is 1.23. The highest BCUT2D eigenvalue weighted by Gasteiger charge is 2.29. The van der Waals surface area contributed by atoms with E-state index in [1.165, 1.54) is 5.69 Å². The molecule has 15 heavy (non-hydrogen) atoms. The van der Waals surface area contributed by atoms with Crippen LogP contribution in [0.15, 0.2) is 12.3 Å². The van der Waals surface area contributed by atoms with Gasteiger partial charge >= 0.3 is 0 Å². The van der Waals surface area contributed by atoms with Crippen LogP contribution in [0, 0.1) is 5.92 Å². The minimum absolute atomic E-state index is 0.383. The second-order valence-electron chi connectivity index (χ2n) is 4.44. The summed E-state index contributed by atoms with van der Waals surface area (Å²) >= 11 is 0. The highest BCUT2D eigenvalue weighted by molar-refractivity contribution is 5.80. The lowest BCUT2D eigenvalue weighted by Gasteiger charge is -2.28. The van der Waals surface area contributed by atoms with Crippen LogP contribution < -0.4 is 0 Å². The maximum Gasteiger partial charge on any atom is 0.133 e. The van der Waals surface area contributed by atoms with Crippen LogP contribution in [0.1, 0.15) is 44.7 Å². The Labute approximate surface area is 90.5 Å². The molecule has 1 aliphatic rings. The SMILES string of the molecule is CCn1nccc1C1CC(=O)CCC1C. The van der Waals surface area contributed by atoms with Gasteiger partial charge in [0.25, 0.3) is 0 Å². The van der Waals surface area contributed by atoms with E-state index in [-0.39, 0.29) is 0 Å². The number of ketones is 1. The Bertz CT molecular complexity index is 356. The number of carbonyl (C=O) groups excluding carboxylic acids is 1. The zero-order chi connectivity index (χ0) is 10.8. The summed E-state index contributed by atoms with van der Waals surface area (Å²) < 4.78 is 2.01. The molecular formula is C12H18N2O. The van der Waals surface area contributed by atoms with Gasteiger partial charge in [-0.3, -0.25) is 9.48 Å². The molecule has 2 unspecified atom stereocenters. The summed E-state index contributed by atoms with van der Waals surface area (Å²) in [7, 11) is 0. The van der Waals surface area contributed by atoms with E-state index in [1.54, 1.807) is 0 Å². The molecule has 0 aromatic carbocycles. The van der Waals surface area contributed by atoms with Crippen molar-refractivity contribution in [2.45, 2.75) is 45.6 Å². The first-order valence-corrected chi connectivity index (χ1v) is 5.75. The molecule has 1 aromatic heterocycles. The topological polar surface area (TPSA) is 34.9 Å². The molecule has 1 saturated carbocycles. The molecule has 0 bridgehead atoms. The van der Waals surface area contributed by atoms with E-state index >= 15 is 0 Å². The molecule has 0 spiro atoms. The van der Waals surface area contributed by atoms with E-state index in [4.69, 9.17) is 0 Å². The monoisotopic (exact) mass is 206 g/mol. The maximum absolute atomic E-state index is 11.5. The van der Waals surface area contributed by atoms with Crippen molar-refractivity contribution in [1.82, 2.24) is 9.78 Å². The second kappa shape index (κ2) is 4.17. The number of carbonyl (C=O) groups is 1. The zero-order valence-corrected chi connectivity index (χ0v) is 9.44. The number of rotatable bonds is 2. The predicted octanol–water partition coefficient (Wildman–Crippen LogP) is 2.38. The number of Topliss-reactive ketones (excluding diaryl/α,β-unsaturated/α-hetero) is 1. The minimum Gasteiger partial charge on any atom is -0.300 e. The van der Waals surface area contributed by atoms with Crippen molar-refractivity contribution in [1.29, 1.82) is 0 Å². The fourth-order valence-electron chi connectivity index (χ4n) is 2.46. The van der Waals surface area contributed by atoms with Crippen molar-refractivity contribution in [3.8, 4) is 0 Å². The molecule has 0 amide bonds. The lowest BCUT2D eigenvalue weighted by atomic mass is 9.78. The molecule has 2 rings (SSSR count). The summed E-state index contributed by atoms with van der Waals surface area (Å²) in [5, 5.41) is 4.27. The third-order valence-electron chi connectivity index (χ3n) is 3.44. The fraction of sp³-hybridized carbons (Fsp3) is 0.667. The molecule has 1 heterocycles. The van der Waals surface area contributed by atoms with Crippen LogP contribution in [-0.2, 0) is 11.3 Å². The van der Waals surface area contributed by atoms with Crippen molar-refractivity contribution < 1.29 is 4.79 Å². The van der Waals surface area contributed by atoms with Crippen molar-refractivity contribution in [2.75, 3.05) is 0 Å².